The molecule has 1 heterocycles. The molecule has 0 radical (unpaired) electrons. The van der Waals surface area contributed by atoms with E-state index in [1.807, 2.05) is 19.1 Å². The second-order valence-corrected chi connectivity index (χ2v) is 7.56. The molecule has 3 N–H and O–H groups in total. The number of quaternary nitrogens is 2. The van der Waals surface area contributed by atoms with Crippen LogP contribution in [0.5, 0.6) is 0 Å². The van der Waals surface area contributed by atoms with Crippen LogP contribution in [0.4, 0.5) is 5.69 Å². The van der Waals surface area contributed by atoms with Gasteiger partial charge in [-0.3, -0.25) is 4.79 Å². The third kappa shape index (κ3) is 6.05. The summed E-state index contributed by atoms with van der Waals surface area (Å²) in [7, 11) is 0. The smallest absolute Gasteiger partial charge is 0.279 e. The summed E-state index contributed by atoms with van der Waals surface area (Å²) in [4.78, 5) is 15.4. The van der Waals surface area contributed by atoms with Gasteiger partial charge in [-0.1, -0.05) is 48.5 Å². The lowest BCUT2D eigenvalue weighted by atomic mass is 10.1. The van der Waals surface area contributed by atoms with Crippen LogP contribution in [-0.2, 0) is 4.79 Å². The lowest BCUT2D eigenvalue weighted by Gasteiger charge is -2.28. The molecule has 1 fully saturated rings. The summed E-state index contributed by atoms with van der Waals surface area (Å²) in [5.41, 5.74) is 4.48. The SMILES string of the molecule is Cc1ccc(C)c(NC(=O)C[NH+]2CC[NH+](C/C=C/c3ccccc3)CC2)c1. The van der Waals surface area contributed by atoms with Crippen LogP contribution in [0.25, 0.3) is 6.08 Å². The quantitative estimate of drug-likeness (QED) is 0.694. The van der Waals surface area contributed by atoms with E-state index in [9.17, 15) is 4.79 Å². The van der Waals surface area contributed by atoms with E-state index in [2.05, 4.69) is 60.8 Å². The number of piperazine rings is 1. The molecule has 27 heavy (non-hydrogen) atoms. The molecule has 2 aromatic rings. The van der Waals surface area contributed by atoms with Crippen LogP contribution in [0.1, 0.15) is 16.7 Å². The van der Waals surface area contributed by atoms with E-state index >= 15 is 0 Å². The number of hydrogen-bond donors (Lipinski definition) is 3. The number of benzene rings is 2. The Hall–Kier alpha value is -2.43. The standard InChI is InChI=1S/C23H29N3O/c1-19-10-11-20(2)22(17-19)24-23(27)18-26-15-13-25(14-16-26)12-6-9-21-7-4-3-5-8-21/h3-11,17H,12-16,18H2,1-2H3,(H,24,27)/p+2/b9-6+. The zero-order valence-corrected chi connectivity index (χ0v) is 16.4. The minimum absolute atomic E-state index is 0.117. The Bertz CT molecular complexity index is 777. The van der Waals surface area contributed by atoms with Gasteiger partial charge in [-0.05, 0) is 42.7 Å². The number of nitrogens with one attached hydrogen (secondary N) is 3. The first-order valence-electron chi connectivity index (χ1n) is 9.86. The van der Waals surface area contributed by atoms with Gasteiger partial charge in [0.25, 0.3) is 5.91 Å². The van der Waals surface area contributed by atoms with E-state index in [-0.39, 0.29) is 5.91 Å². The molecule has 1 aliphatic heterocycles. The van der Waals surface area contributed by atoms with Gasteiger partial charge in [0.15, 0.2) is 6.54 Å². The average Bonchev–Trinajstić information content (AvgIpc) is 2.67. The highest BCUT2D eigenvalue weighted by Crippen LogP contribution is 2.15. The van der Waals surface area contributed by atoms with Crippen LogP contribution in [0.15, 0.2) is 54.6 Å². The van der Waals surface area contributed by atoms with Crippen LogP contribution in [0, 0.1) is 13.8 Å². The molecule has 0 atom stereocenters. The Morgan fingerprint density at radius 2 is 1.70 bits per heavy atom. The minimum Gasteiger partial charge on any atom is -0.322 e. The highest BCUT2D eigenvalue weighted by atomic mass is 16.2. The molecule has 0 unspecified atom stereocenters. The number of amides is 1. The average molecular weight is 366 g/mol. The maximum atomic E-state index is 12.4. The summed E-state index contributed by atoms with van der Waals surface area (Å²) in [5, 5.41) is 3.08. The van der Waals surface area contributed by atoms with Crippen LogP contribution in [-0.4, -0.2) is 45.2 Å². The summed E-state index contributed by atoms with van der Waals surface area (Å²) < 4.78 is 0. The lowest BCUT2D eigenvalue weighted by Crippen LogP contribution is -3.28. The van der Waals surface area contributed by atoms with Gasteiger partial charge in [0, 0.05) is 5.69 Å². The largest absolute Gasteiger partial charge is 0.322 e. The fourth-order valence-corrected chi connectivity index (χ4v) is 3.56. The predicted molar refractivity (Wildman–Crippen MR) is 111 cm³/mol. The second kappa shape index (κ2) is 9.49. The molecule has 0 aromatic heterocycles. The van der Waals surface area contributed by atoms with Gasteiger partial charge in [-0.2, -0.15) is 0 Å². The number of rotatable bonds is 6. The molecule has 0 aliphatic carbocycles. The Labute approximate surface area is 162 Å². The Balaban J connectivity index is 1.40. The van der Waals surface area contributed by atoms with Crippen molar-refractivity contribution < 1.29 is 14.6 Å². The number of carbonyl (C=O) groups is 1. The number of anilines is 1. The van der Waals surface area contributed by atoms with Gasteiger partial charge in [0.1, 0.15) is 26.2 Å². The highest BCUT2D eigenvalue weighted by molar-refractivity contribution is 5.92. The first-order chi connectivity index (χ1) is 13.1. The predicted octanol–water partition coefficient (Wildman–Crippen LogP) is 0.739. The molecule has 1 aliphatic rings. The maximum Gasteiger partial charge on any atom is 0.279 e. The van der Waals surface area contributed by atoms with Crippen molar-refractivity contribution in [1.82, 2.24) is 0 Å². The van der Waals surface area contributed by atoms with Gasteiger partial charge in [0.2, 0.25) is 0 Å². The van der Waals surface area contributed by atoms with Crippen molar-refractivity contribution in [1.29, 1.82) is 0 Å². The lowest BCUT2D eigenvalue weighted by molar-refractivity contribution is -1.01. The van der Waals surface area contributed by atoms with Gasteiger partial charge in [-0.25, -0.2) is 0 Å². The van der Waals surface area contributed by atoms with Crippen LogP contribution < -0.4 is 15.1 Å². The Morgan fingerprint density at radius 1 is 1.00 bits per heavy atom. The van der Waals surface area contributed by atoms with E-state index in [4.69, 9.17) is 0 Å². The number of hydrogen-bond acceptors (Lipinski definition) is 1. The van der Waals surface area contributed by atoms with Crippen LogP contribution in [0.3, 0.4) is 0 Å². The fourth-order valence-electron chi connectivity index (χ4n) is 3.56. The molecule has 0 bridgehead atoms. The molecule has 1 amide bonds. The molecule has 0 spiro atoms. The zero-order valence-electron chi connectivity index (χ0n) is 16.4. The zero-order chi connectivity index (χ0) is 19.1. The topological polar surface area (TPSA) is 38.0 Å². The van der Waals surface area contributed by atoms with Gasteiger partial charge in [0.05, 0.1) is 6.54 Å². The van der Waals surface area contributed by atoms with E-state index < -0.39 is 0 Å². The van der Waals surface area contributed by atoms with Gasteiger partial charge < -0.3 is 15.1 Å². The third-order valence-electron chi connectivity index (χ3n) is 5.26. The summed E-state index contributed by atoms with van der Waals surface area (Å²) in [6, 6.07) is 16.6. The van der Waals surface area contributed by atoms with E-state index in [0.29, 0.717) is 6.54 Å². The third-order valence-corrected chi connectivity index (χ3v) is 5.26. The van der Waals surface area contributed by atoms with E-state index in [1.54, 1.807) is 4.90 Å². The highest BCUT2D eigenvalue weighted by Gasteiger charge is 2.24. The first-order valence-corrected chi connectivity index (χ1v) is 9.86. The van der Waals surface area contributed by atoms with Crippen molar-refractivity contribution in [2.45, 2.75) is 13.8 Å². The number of aryl methyl sites for hydroxylation is 2. The van der Waals surface area contributed by atoms with Gasteiger partial charge >= 0.3 is 0 Å². The molecule has 2 aromatic carbocycles. The van der Waals surface area contributed by atoms with Gasteiger partial charge in [-0.15, -0.1) is 0 Å². The van der Waals surface area contributed by atoms with Crippen molar-refractivity contribution in [2.24, 2.45) is 0 Å². The summed E-state index contributed by atoms with van der Waals surface area (Å²) >= 11 is 0. The molecule has 3 rings (SSSR count). The van der Waals surface area contributed by atoms with Crippen molar-refractivity contribution in [2.75, 3.05) is 44.6 Å². The Kier molecular flexibility index (Phi) is 6.80. The molecule has 4 nitrogen and oxygen atoms in total. The van der Waals surface area contributed by atoms with E-state index in [1.165, 1.54) is 16.0 Å². The maximum absolute atomic E-state index is 12.4. The number of carbonyl (C=O) groups excluding carboxylic acids is 1. The van der Waals surface area contributed by atoms with Crippen molar-refractivity contribution in [3.8, 4) is 0 Å². The summed E-state index contributed by atoms with van der Waals surface area (Å²) in [6.07, 6.45) is 4.47. The van der Waals surface area contributed by atoms with Crippen molar-refractivity contribution >= 4 is 17.7 Å². The van der Waals surface area contributed by atoms with Crippen LogP contribution >= 0.6 is 0 Å². The Morgan fingerprint density at radius 3 is 2.44 bits per heavy atom. The first kappa shape index (κ1) is 19.3. The monoisotopic (exact) mass is 365 g/mol. The second-order valence-electron chi connectivity index (χ2n) is 7.56. The molecule has 142 valence electrons. The van der Waals surface area contributed by atoms with Crippen LogP contribution in [0.2, 0.25) is 0 Å². The minimum atomic E-state index is 0.117. The molecular formula is C23H31N3O+2. The van der Waals surface area contributed by atoms with Crippen molar-refractivity contribution in [3.63, 3.8) is 0 Å². The van der Waals surface area contributed by atoms with Crippen molar-refractivity contribution in [3.05, 3.63) is 71.3 Å². The summed E-state index contributed by atoms with van der Waals surface area (Å²) in [5.74, 6) is 0.117. The molecular weight excluding hydrogens is 334 g/mol. The molecule has 1 saturated heterocycles. The molecule has 0 saturated carbocycles. The van der Waals surface area contributed by atoms with E-state index in [0.717, 1.165) is 44.0 Å². The molecule has 4 heteroatoms. The summed E-state index contributed by atoms with van der Waals surface area (Å²) in [6.45, 7) is 10.0. The normalized spacial score (nSPS) is 19.9. The fraction of sp³-hybridized carbons (Fsp3) is 0.348.